The van der Waals surface area contributed by atoms with Crippen LogP contribution in [0.5, 0.6) is 0 Å². The molecule has 19 heavy (non-hydrogen) atoms. The zero-order chi connectivity index (χ0) is 14.0. The molecule has 0 radical (unpaired) electrons. The highest BCUT2D eigenvalue weighted by Gasteiger charge is 2.24. The quantitative estimate of drug-likeness (QED) is 0.820. The molecule has 0 saturated carbocycles. The minimum absolute atomic E-state index is 0.227. The van der Waals surface area contributed by atoms with E-state index in [-0.39, 0.29) is 5.56 Å². The van der Waals surface area contributed by atoms with Crippen molar-refractivity contribution < 1.29 is 9.90 Å². The smallest absolute Gasteiger partial charge is 0.308 e. The number of pyridine rings is 1. The van der Waals surface area contributed by atoms with Crippen LogP contribution in [0.4, 0.5) is 0 Å². The van der Waals surface area contributed by atoms with E-state index < -0.39 is 17.9 Å². The second-order valence-corrected chi connectivity index (χ2v) is 4.26. The molecule has 0 aliphatic heterocycles. The summed E-state index contributed by atoms with van der Waals surface area (Å²) in [5, 5.41) is 20.3. The van der Waals surface area contributed by atoms with Gasteiger partial charge in [-0.3, -0.25) is 9.59 Å². The van der Waals surface area contributed by atoms with Gasteiger partial charge in [0, 0.05) is 17.8 Å². The Balaban J connectivity index is 2.40. The summed E-state index contributed by atoms with van der Waals surface area (Å²) in [6.07, 6.45) is 1.49. The van der Waals surface area contributed by atoms with Crippen molar-refractivity contribution in [2.45, 2.75) is 19.9 Å². The van der Waals surface area contributed by atoms with Gasteiger partial charge in [-0.05, 0) is 30.3 Å². The zero-order valence-corrected chi connectivity index (χ0v) is 10.4. The number of hydrogen-bond donors (Lipinski definition) is 2. The number of rotatable bonds is 4. The highest BCUT2D eigenvalue weighted by molar-refractivity contribution is 5.70. The van der Waals surface area contributed by atoms with Gasteiger partial charge in [-0.25, -0.2) is 4.68 Å². The fraction of sp³-hybridized carbons (Fsp3) is 0.364. The summed E-state index contributed by atoms with van der Waals surface area (Å²) in [5.41, 5.74) is 0.392. The summed E-state index contributed by atoms with van der Waals surface area (Å²) < 4.78 is 1.44. The third-order valence-corrected chi connectivity index (χ3v) is 3.03. The van der Waals surface area contributed by atoms with Crippen LogP contribution in [0.15, 0.2) is 23.1 Å². The molecular formula is C11H13N5O3. The Morgan fingerprint density at radius 2 is 2.16 bits per heavy atom. The number of tetrazole rings is 1. The number of aromatic nitrogens is 5. The third kappa shape index (κ3) is 2.51. The largest absolute Gasteiger partial charge is 0.481 e. The second kappa shape index (κ2) is 5.01. The normalized spacial score (nSPS) is 14.0. The summed E-state index contributed by atoms with van der Waals surface area (Å²) in [6, 6.07) is 2.54. The van der Waals surface area contributed by atoms with Crippen LogP contribution in [0.2, 0.25) is 0 Å². The number of aliphatic carboxylic acids is 1. The van der Waals surface area contributed by atoms with Crippen LogP contribution in [-0.4, -0.2) is 36.3 Å². The summed E-state index contributed by atoms with van der Waals surface area (Å²) >= 11 is 0. The number of carboxylic acids is 1. The third-order valence-electron chi connectivity index (χ3n) is 3.03. The first-order chi connectivity index (χ1) is 9.00. The SMILES string of the molecule is CC(C(=O)O)C(C)n1nnnc1-c1ccc(=O)[nH]c1. The highest BCUT2D eigenvalue weighted by atomic mass is 16.4. The minimum atomic E-state index is -0.921. The molecule has 0 aromatic carbocycles. The second-order valence-electron chi connectivity index (χ2n) is 4.26. The first kappa shape index (κ1) is 12.9. The van der Waals surface area contributed by atoms with Crippen molar-refractivity contribution in [2.75, 3.05) is 0 Å². The predicted octanol–water partition coefficient (Wildman–Crippen LogP) is 0.310. The molecule has 0 saturated heterocycles. The van der Waals surface area contributed by atoms with Crippen molar-refractivity contribution in [3.63, 3.8) is 0 Å². The molecule has 2 unspecified atom stereocenters. The number of carbonyl (C=O) groups is 1. The molecule has 2 heterocycles. The van der Waals surface area contributed by atoms with E-state index in [0.29, 0.717) is 11.4 Å². The van der Waals surface area contributed by atoms with Gasteiger partial charge in [-0.1, -0.05) is 0 Å². The molecule has 0 spiro atoms. The lowest BCUT2D eigenvalue weighted by Crippen LogP contribution is -2.23. The van der Waals surface area contributed by atoms with Crippen molar-refractivity contribution in [1.29, 1.82) is 0 Å². The van der Waals surface area contributed by atoms with Crippen LogP contribution < -0.4 is 5.56 Å². The summed E-state index contributed by atoms with van der Waals surface area (Å²) in [5.74, 6) is -1.14. The van der Waals surface area contributed by atoms with E-state index in [9.17, 15) is 9.59 Å². The van der Waals surface area contributed by atoms with Crippen LogP contribution >= 0.6 is 0 Å². The molecule has 0 aliphatic rings. The highest BCUT2D eigenvalue weighted by Crippen LogP contribution is 2.22. The first-order valence-electron chi connectivity index (χ1n) is 5.70. The van der Waals surface area contributed by atoms with Gasteiger partial charge in [0.2, 0.25) is 5.56 Å². The molecule has 100 valence electrons. The molecular weight excluding hydrogens is 250 g/mol. The maximum Gasteiger partial charge on any atom is 0.308 e. The molecule has 2 aromatic heterocycles. The van der Waals surface area contributed by atoms with Gasteiger partial charge < -0.3 is 10.1 Å². The predicted molar refractivity (Wildman–Crippen MR) is 65.4 cm³/mol. The van der Waals surface area contributed by atoms with Gasteiger partial charge in [0.15, 0.2) is 5.82 Å². The van der Waals surface area contributed by atoms with Crippen molar-refractivity contribution in [3.05, 3.63) is 28.7 Å². The molecule has 0 fully saturated rings. The molecule has 2 N–H and O–H groups in total. The summed E-state index contributed by atoms with van der Waals surface area (Å²) in [7, 11) is 0. The van der Waals surface area contributed by atoms with E-state index >= 15 is 0 Å². The van der Waals surface area contributed by atoms with Crippen LogP contribution in [0.3, 0.4) is 0 Å². The van der Waals surface area contributed by atoms with Gasteiger partial charge in [-0.2, -0.15) is 0 Å². The molecule has 8 nitrogen and oxygen atoms in total. The molecule has 0 amide bonds. The lowest BCUT2D eigenvalue weighted by atomic mass is 10.0. The Hall–Kier alpha value is -2.51. The van der Waals surface area contributed by atoms with Gasteiger partial charge in [0.1, 0.15) is 0 Å². The fourth-order valence-corrected chi connectivity index (χ4v) is 1.63. The van der Waals surface area contributed by atoms with Gasteiger partial charge in [-0.15, -0.1) is 5.10 Å². The lowest BCUT2D eigenvalue weighted by molar-refractivity contribution is -0.142. The Kier molecular flexibility index (Phi) is 3.41. The van der Waals surface area contributed by atoms with Crippen molar-refractivity contribution in [1.82, 2.24) is 25.2 Å². The zero-order valence-electron chi connectivity index (χ0n) is 10.4. The maximum atomic E-state index is 11.0. The van der Waals surface area contributed by atoms with E-state index in [1.54, 1.807) is 19.9 Å². The first-order valence-corrected chi connectivity index (χ1v) is 5.70. The minimum Gasteiger partial charge on any atom is -0.481 e. The van der Waals surface area contributed by atoms with E-state index in [0.717, 1.165) is 0 Å². The van der Waals surface area contributed by atoms with E-state index in [2.05, 4.69) is 20.5 Å². The van der Waals surface area contributed by atoms with Crippen molar-refractivity contribution in [2.24, 2.45) is 5.92 Å². The van der Waals surface area contributed by atoms with Crippen LogP contribution in [-0.2, 0) is 4.79 Å². The molecule has 0 aliphatic carbocycles. The maximum absolute atomic E-state index is 11.0. The lowest BCUT2D eigenvalue weighted by Gasteiger charge is -2.17. The molecule has 2 aromatic rings. The topological polar surface area (TPSA) is 114 Å². The monoisotopic (exact) mass is 263 g/mol. The molecule has 8 heteroatoms. The average Bonchev–Trinajstić information content (AvgIpc) is 2.87. The Morgan fingerprint density at radius 3 is 2.74 bits per heavy atom. The Bertz CT molecular complexity index is 627. The number of aromatic amines is 1. The number of nitrogens with zero attached hydrogens (tertiary/aromatic N) is 4. The average molecular weight is 263 g/mol. The summed E-state index contributed by atoms with van der Waals surface area (Å²) in [4.78, 5) is 24.5. The number of H-pyrrole nitrogens is 1. The van der Waals surface area contributed by atoms with Crippen molar-refractivity contribution >= 4 is 5.97 Å². The molecule has 2 atom stereocenters. The number of nitrogens with one attached hydrogen (secondary N) is 1. The fourth-order valence-electron chi connectivity index (χ4n) is 1.63. The number of carboxylic acid groups (broad SMARTS) is 1. The summed E-state index contributed by atoms with van der Waals surface area (Å²) in [6.45, 7) is 3.32. The van der Waals surface area contributed by atoms with E-state index in [1.807, 2.05) is 0 Å². The standard InChI is InChI=1S/C11H13N5O3/c1-6(11(18)19)7(2)16-10(13-14-15-16)8-3-4-9(17)12-5-8/h3-7H,1-2H3,(H,12,17)(H,18,19). The van der Waals surface area contributed by atoms with E-state index in [1.165, 1.54) is 16.9 Å². The molecule has 2 rings (SSSR count). The van der Waals surface area contributed by atoms with Gasteiger partial charge in [0.05, 0.1) is 12.0 Å². The van der Waals surface area contributed by atoms with Crippen LogP contribution in [0, 0.1) is 5.92 Å². The van der Waals surface area contributed by atoms with Crippen LogP contribution in [0.1, 0.15) is 19.9 Å². The number of hydrogen-bond acceptors (Lipinski definition) is 5. The van der Waals surface area contributed by atoms with Gasteiger partial charge >= 0.3 is 5.97 Å². The van der Waals surface area contributed by atoms with Gasteiger partial charge in [0.25, 0.3) is 0 Å². The van der Waals surface area contributed by atoms with Crippen LogP contribution in [0.25, 0.3) is 11.4 Å². The molecule has 0 bridgehead atoms. The van der Waals surface area contributed by atoms with E-state index in [4.69, 9.17) is 5.11 Å². The Labute approximate surface area is 108 Å². The Morgan fingerprint density at radius 1 is 1.42 bits per heavy atom. The van der Waals surface area contributed by atoms with Crippen molar-refractivity contribution in [3.8, 4) is 11.4 Å².